The molecule has 1 saturated heterocycles. The van der Waals surface area contributed by atoms with Crippen LogP contribution >= 0.6 is 0 Å². The summed E-state index contributed by atoms with van der Waals surface area (Å²) in [5.41, 5.74) is 2.48. The fourth-order valence-corrected chi connectivity index (χ4v) is 2.48. The zero-order valence-electron chi connectivity index (χ0n) is 10.7. The molecular weight excluding hydrogens is 243 g/mol. The highest BCUT2D eigenvalue weighted by Gasteiger charge is 2.17. The van der Waals surface area contributed by atoms with Crippen LogP contribution < -0.4 is 10.2 Å². The van der Waals surface area contributed by atoms with Gasteiger partial charge in [-0.15, -0.1) is 0 Å². The molecular formula is C14H17FN4. The Morgan fingerprint density at radius 3 is 2.84 bits per heavy atom. The van der Waals surface area contributed by atoms with Crippen LogP contribution in [0.15, 0.2) is 30.5 Å². The highest BCUT2D eigenvalue weighted by atomic mass is 19.1. The summed E-state index contributed by atoms with van der Waals surface area (Å²) >= 11 is 0. The monoisotopic (exact) mass is 260 g/mol. The summed E-state index contributed by atoms with van der Waals surface area (Å²) in [6.07, 6.45) is 4.05. The number of benzene rings is 1. The maximum absolute atomic E-state index is 14.0. The maximum atomic E-state index is 14.0. The van der Waals surface area contributed by atoms with E-state index in [4.69, 9.17) is 0 Å². The van der Waals surface area contributed by atoms with Crippen molar-refractivity contribution < 1.29 is 4.39 Å². The SMILES string of the molecule is Fc1cccc(N2CCCC2)c1NCc1ccn[nH]1. The molecule has 2 N–H and O–H groups in total. The van der Waals surface area contributed by atoms with E-state index in [0.29, 0.717) is 12.2 Å². The summed E-state index contributed by atoms with van der Waals surface area (Å²) in [5.74, 6) is -0.205. The van der Waals surface area contributed by atoms with Crippen molar-refractivity contribution in [3.63, 3.8) is 0 Å². The van der Waals surface area contributed by atoms with Crippen molar-refractivity contribution in [1.29, 1.82) is 0 Å². The van der Waals surface area contributed by atoms with Crippen LogP contribution in [0.5, 0.6) is 0 Å². The second kappa shape index (κ2) is 5.30. The van der Waals surface area contributed by atoms with E-state index in [0.717, 1.165) is 24.5 Å². The van der Waals surface area contributed by atoms with E-state index in [2.05, 4.69) is 20.4 Å². The molecule has 0 radical (unpaired) electrons. The molecule has 0 saturated carbocycles. The van der Waals surface area contributed by atoms with E-state index in [-0.39, 0.29) is 5.82 Å². The van der Waals surface area contributed by atoms with Crippen LogP contribution in [0, 0.1) is 5.82 Å². The van der Waals surface area contributed by atoms with E-state index < -0.39 is 0 Å². The van der Waals surface area contributed by atoms with Crippen molar-refractivity contribution >= 4 is 11.4 Å². The lowest BCUT2D eigenvalue weighted by molar-refractivity contribution is 0.629. The van der Waals surface area contributed by atoms with Crippen molar-refractivity contribution in [2.24, 2.45) is 0 Å². The summed E-state index contributed by atoms with van der Waals surface area (Å²) in [6.45, 7) is 2.55. The lowest BCUT2D eigenvalue weighted by atomic mass is 10.2. The van der Waals surface area contributed by atoms with Crippen molar-refractivity contribution in [3.05, 3.63) is 42.0 Å². The van der Waals surface area contributed by atoms with Gasteiger partial charge in [-0.3, -0.25) is 5.10 Å². The zero-order valence-corrected chi connectivity index (χ0v) is 10.7. The smallest absolute Gasteiger partial charge is 0.148 e. The van der Waals surface area contributed by atoms with Gasteiger partial charge < -0.3 is 10.2 Å². The summed E-state index contributed by atoms with van der Waals surface area (Å²) in [7, 11) is 0. The van der Waals surface area contributed by atoms with Gasteiger partial charge in [0.1, 0.15) is 5.82 Å². The number of H-pyrrole nitrogens is 1. The number of para-hydroxylation sites is 1. The number of nitrogens with one attached hydrogen (secondary N) is 2. The molecule has 0 spiro atoms. The number of nitrogens with zero attached hydrogens (tertiary/aromatic N) is 2. The van der Waals surface area contributed by atoms with Crippen molar-refractivity contribution in [2.75, 3.05) is 23.3 Å². The Labute approximate surface area is 111 Å². The predicted molar refractivity (Wildman–Crippen MR) is 73.8 cm³/mol. The van der Waals surface area contributed by atoms with Gasteiger partial charge in [0.2, 0.25) is 0 Å². The second-order valence-electron chi connectivity index (χ2n) is 4.76. The number of hydrogen-bond acceptors (Lipinski definition) is 3. The van der Waals surface area contributed by atoms with Crippen LogP contribution in [-0.2, 0) is 6.54 Å². The number of aromatic amines is 1. The van der Waals surface area contributed by atoms with E-state index in [1.54, 1.807) is 12.3 Å². The highest BCUT2D eigenvalue weighted by Crippen LogP contribution is 2.31. The third-order valence-corrected chi connectivity index (χ3v) is 3.45. The first-order valence-corrected chi connectivity index (χ1v) is 6.60. The first-order chi connectivity index (χ1) is 9.34. The molecule has 0 bridgehead atoms. The molecule has 5 heteroatoms. The Morgan fingerprint density at radius 1 is 1.26 bits per heavy atom. The molecule has 1 aromatic carbocycles. The average molecular weight is 260 g/mol. The molecule has 19 heavy (non-hydrogen) atoms. The Hall–Kier alpha value is -2.04. The minimum Gasteiger partial charge on any atom is -0.375 e. The van der Waals surface area contributed by atoms with Gasteiger partial charge in [0, 0.05) is 19.3 Å². The summed E-state index contributed by atoms with van der Waals surface area (Å²) in [4.78, 5) is 2.23. The van der Waals surface area contributed by atoms with Gasteiger partial charge in [-0.1, -0.05) is 6.07 Å². The van der Waals surface area contributed by atoms with Crippen molar-refractivity contribution in [1.82, 2.24) is 10.2 Å². The van der Waals surface area contributed by atoms with E-state index in [9.17, 15) is 4.39 Å². The lowest BCUT2D eigenvalue weighted by Crippen LogP contribution is -2.20. The van der Waals surface area contributed by atoms with Crippen LogP contribution in [-0.4, -0.2) is 23.3 Å². The molecule has 1 aliphatic heterocycles. The number of hydrogen-bond donors (Lipinski definition) is 2. The summed E-state index contributed by atoms with van der Waals surface area (Å²) < 4.78 is 14.0. The largest absolute Gasteiger partial charge is 0.375 e. The molecule has 1 aromatic heterocycles. The van der Waals surface area contributed by atoms with Crippen LogP contribution in [0.4, 0.5) is 15.8 Å². The molecule has 0 unspecified atom stereocenters. The number of aromatic nitrogens is 2. The van der Waals surface area contributed by atoms with Gasteiger partial charge in [0.25, 0.3) is 0 Å². The van der Waals surface area contributed by atoms with Gasteiger partial charge in [-0.2, -0.15) is 5.10 Å². The number of halogens is 1. The quantitative estimate of drug-likeness (QED) is 0.888. The van der Waals surface area contributed by atoms with Gasteiger partial charge in [-0.25, -0.2) is 4.39 Å². The topological polar surface area (TPSA) is 44.0 Å². The van der Waals surface area contributed by atoms with Gasteiger partial charge in [0.05, 0.1) is 23.6 Å². The fraction of sp³-hybridized carbons (Fsp3) is 0.357. The van der Waals surface area contributed by atoms with E-state index in [1.165, 1.54) is 18.9 Å². The van der Waals surface area contributed by atoms with E-state index in [1.807, 2.05) is 12.1 Å². The molecule has 0 amide bonds. The highest BCUT2D eigenvalue weighted by molar-refractivity contribution is 5.71. The third-order valence-electron chi connectivity index (χ3n) is 3.45. The molecule has 1 aliphatic rings. The Morgan fingerprint density at radius 2 is 2.11 bits per heavy atom. The lowest BCUT2D eigenvalue weighted by Gasteiger charge is -2.22. The van der Waals surface area contributed by atoms with Crippen LogP contribution in [0.2, 0.25) is 0 Å². The molecule has 1 fully saturated rings. The van der Waals surface area contributed by atoms with Crippen molar-refractivity contribution in [2.45, 2.75) is 19.4 Å². The summed E-state index contributed by atoms with van der Waals surface area (Å²) in [5, 5.41) is 9.93. The molecule has 2 heterocycles. The molecule has 4 nitrogen and oxygen atoms in total. The Bertz CT molecular complexity index is 532. The molecule has 3 rings (SSSR count). The van der Waals surface area contributed by atoms with Crippen LogP contribution in [0.25, 0.3) is 0 Å². The first kappa shape index (κ1) is 12.0. The van der Waals surface area contributed by atoms with E-state index >= 15 is 0 Å². The standard InChI is InChI=1S/C14H17FN4/c15-12-4-3-5-13(19-8-1-2-9-19)14(12)16-10-11-6-7-17-18-11/h3-7,16H,1-2,8-10H2,(H,17,18). The predicted octanol–water partition coefficient (Wildman–Crippen LogP) is 2.76. The molecule has 0 aliphatic carbocycles. The molecule has 2 aromatic rings. The second-order valence-corrected chi connectivity index (χ2v) is 4.76. The van der Waals surface area contributed by atoms with Gasteiger partial charge in [-0.05, 0) is 31.0 Å². The van der Waals surface area contributed by atoms with Crippen LogP contribution in [0.1, 0.15) is 18.5 Å². The normalized spacial score (nSPS) is 14.9. The maximum Gasteiger partial charge on any atom is 0.148 e. The summed E-state index contributed by atoms with van der Waals surface area (Å²) in [6, 6.07) is 7.12. The minimum absolute atomic E-state index is 0.205. The molecule has 100 valence electrons. The van der Waals surface area contributed by atoms with Crippen molar-refractivity contribution in [3.8, 4) is 0 Å². The number of anilines is 2. The average Bonchev–Trinajstić information content (AvgIpc) is 3.10. The third kappa shape index (κ3) is 2.54. The molecule has 0 atom stereocenters. The minimum atomic E-state index is -0.205. The number of rotatable bonds is 4. The zero-order chi connectivity index (χ0) is 13.1. The Kier molecular flexibility index (Phi) is 3.35. The fourth-order valence-electron chi connectivity index (χ4n) is 2.48. The first-order valence-electron chi connectivity index (χ1n) is 6.60. The Balaban J connectivity index is 1.82. The van der Waals surface area contributed by atoms with Gasteiger partial charge >= 0.3 is 0 Å². The van der Waals surface area contributed by atoms with Crippen LogP contribution in [0.3, 0.4) is 0 Å². The van der Waals surface area contributed by atoms with Gasteiger partial charge in [0.15, 0.2) is 0 Å².